The van der Waals surface area contributed by atoms with Gasteiger partial charge in [0.15, 0.2) is 0 Å². The normalized spacial score (nSPS) is 14.3. The van der Waals surface area contributed by atoms with Crippen LogP contribution in [0.4, 0.5) is 5.82 Å². The summed E-state index contributed by atoms with van der Waals surface area (Å²) in [6, 6.07) is 6.90. The van der Waals surface area contributed by atoms with Crippen molar-refractivity contribution in [2.24, 2.45) is 0 Å². The van der Waals surface area contributed by atoms with E-state index in [0.717, 1.165) is 13.0 Å². The van der Waals surface area contributed by atoms with Crippen molar-refractivity contribution in [1.29, 1.82) is 0 Å². The molecule has 1 aromatic carbocycles. The van der Waals surface area contributed by atoms with Crippen molar-refractivity contribution < 1.29 is 14.3 Å². The zero-order chi connectivity index (χ0) is 19.2. The minimum absolute atomic E-state index is 0.105. The molecule has 1 aromatic heterocycles. The van der Waals surface area contributed by atoms with E-state index in [2.05, 4.69) is 20.1 Å². The smallest absolute Gasteiger partial charge is 0.343 e. The quantitative estimate of drug-likeness (QED) is 0.564. The summed E-state index contributed by atoms with van der Waals surface area (Å²) in [6.45, 7) is 4.03. The number of anilines is 1. The van der Waals surface area contributed by atoms with E-state index in [9.17, 15) is 9.59 Å². The van der Waals surface area contributed by atoms with Crippen molar-refractivity contribution in [1.82, 2.24) is 20.0 Å². The SMILES string of the molecule is COC(=O)c1cnn(-c2ccc(C(=O)NCCCN3CCCC3)cc2)c1N. The molecule has 27 heavy (non-hydrogen) atoms. The molecule has 2 aromatic rings. The molecule has 0 unspecified atom stereocenters. The molecule has 1 amide bonds. The van der Waals surface area contributed by atoms with Crippen LogP contribution in [0.3, 0.4) is 0 Å². The van der Waals surface area contributed by atoms with E-state index in [1.807, 2.05) is 0 Å². The Hall–Kier alpha value is -2.87. The van der Waals surface area contributed by atoms with Crippen molar-refractivity contribution in [3.05, 3.63) is 41.6 Å². The number of esters is 1. The third-order valence-electron chi connectivity index (χ3n) is 4.72. The summed E-state index contributed by atoms with van der Waals surface area (Å²) in [5, 5.41) is 7.06. The van der Waals surface area contributed by atoms with Crippen molar-refractivity contribution in [3.8, 4) is 5.69 Å². The first-order chi connectivity index (χ1) is 13.1. The lowest BCUT2D eigenvalue weighted by Gasteiger charge is -2.14. The van der Waals surface area contributed by atoms with Crippen LogP contribution in [0.5, 0.6) is 0 Å². The van der Waals surface area contributed by atoms with E-state index in [0.29, 0.717) is 17.8 Å². The van der Waals surface area contributed by atoms with Crippen LogP contribution in [0.1, 0.15) is 40.0 Å². The second-order valence-corrected chi connectivity index (χ2v) is 6.55. The number of carbonyl (C=O) groups is 2. The number of ether oxygens (including phenoxy) is 1. The summed E-state index contributed by atoms with van der Waals surface area (Å²) in [7, 11) is 1.29. The van der Waals surface area contributed by atoms with E-state index in [4.69, 9.17) is 5.73 Å². The number of nitrogens with one attached hydrogen (secondary N) is 1. The Labute approximate surface area is 158 Å². The minimum atomic E-state index is -0.538. The van der Waals surface area contributed by atoms with Gasteiger partial charge in [-0.25, -0.2) is 9.48 Å². The first kappa shape index (κ1) is 18.9. The predicted molar refractivity (Wildman–Crippen MR) is 102 cm³/mol. The van der Waals surface area contributed by atoms with Gasteiger partial charge in [-0.1, -0.05) is 0 Å². The number of aromatic nitrogens is 2. The predicted octanol–water partition coefficient (Wildman–Crippen LogP) is 1.46. The zero-order valence-corrected chi connectivity index (χ0v) is 15.5. The lowest BCUT2D eigenvalue weighted by molar-refractivity contribution is 0.0601. The molecule has 0 bridgehead atoms. The number of rotatable bonds is 7. The van der Waals surface area contributed by atoms with Gasteiger partial charge >= 0.3 is 5.97 Å². The largest absolute Gasteiger partial charge is 0.465 e. The molecule has 1 fully saturated rings. The van der Waals surface area contributed by atoms with E-state index in [1.54, 1.807) is 24.3 Å². The van der Waals surface area contributed by atoms with Crippen molar-refractivity contribution in [3.63, 3.8) is 0 Å². The van der Waals surface area contributed by atoms with Crippen LogP contribution in [0.15, 0.2) is 30.5 Å². The van der Waals surface area contributed by atoms with Gasteiger partial charge in [-0.3, -0.25) is 4.79 Å². The molecule has 1 aliphatic heterocycles. The van der Waals surface area contributed by atoms with Crippen LogP contribution in [0, 0.1) is 0 Å². The van der Waals surface area contributed by atoms with Crippen molar-refractivity contribution in [2.75, 3.05) is 39.0 Å². The standard InChI is InChI=1S/C19H25N5O3/c1-27-19(26)16-13-22-24(17(16)20)15-7-5-14(6-8-15)18(25)21-9-4-12-23-10-2-3-11-23/h5-8,13H,2-4,9-12,20H2,1H3,(H,21,25). The summed E-state index contributed by atoms with van der Waals surface area (Å²) in [4.78, 5) is 26.3. The fraction of sp³-hybridized carbons (Fsp3) is 0.421. The van der Waals surface area contributed by atoms with Gasteiger partial charge < -0.3 is 20.7 Å². The highest BCUT2D eigenvalue weighted by Crippen LogP contribution is 2.18. The maximum absolute atomic E-state index is 12.3. The number of nitrogens with zero attached hydrogens (tertiary/aromatic N) is 3. The van der Waals surface area contributed by atoms with Crippen LogP contribution in [-0.2, 0) is 4.74 Å². The van der Waals surface area contributed by atoms with E-state index in [-0.39, 0.29) is 17.3 Å². The van der Waals surface area contributed by atoms with E-state index >= 15 is 0 Å². The number of hydrogen-bond donors (Lipinski definition) is 2. The van der Waals surface area contributed by atoms with Gasteiger partial charge in [-0.15, -0.1) is 0 Å². The summed E-state index contributed by atoms with van der Waals surface area (Å²) < 4.78 is 6.10. The topological polar surface area (TPSA) is 102 Å². The molecule has 0 aliphatic carbocycles. The molecule has 144 valence electrons. The monoisotopic (exact) mass is 371 g/mol. The lowest BCUT2D eigenvalue weighted by atomic mass is 10.2. The van der Waals surface area contributed by atoms with E-state index in [1.165, 1.54) is 43.9 Å². The van der Waals surface area contributed by atoms with Crippen molar-refractivity contribution in [2.45, 2.75) is 19.3 Å². The Kier molecular flexibility index (Phi) is 6.08. The van der Waals surface area contributed by atoms with Crippen LogP contribution in [-0.4, -0.2) is 59.8 Å². The molecule has 8 nitrogen and oxygen atoms in total. The van der Waals surface area contributed by atoms with E-state index < -0.39 is 5.97 Å². The van der Waals surface area contributed by atoms with Crippen LogP contribution < -0.4 is 11.1 Å². The molecular weight excluding hydrogens is 346 g/mol. The molecule has 8 heteroatoms. The molecular formula is C19H25N5O3. The number of benzene rings is 1. The second kappa shape index (κ2) is 8.68. The van der Waals surface area contributed by atoms with Crippen LogP contribution in [0.2, 0.25) is 0 Å². The van der Waals surface area contributed by atoms with Gasteiger partial charge in [-0.2, -0.15) is 5.10 Å². The molecule has 2 heterocycles. The highest BCUT2D eigenvalue weighted by atomic mass is 16.5. The summed E-state index contributed by atoms with van der Waals surface area (Å²) >= 11 is 0. The van der Waals surface area contributed by atoms with Crippen LogP contribution >= 0.6 is 0 Å². The Bertz CT molecular complexity index is 794. The fourth-order valence-electron chi connectivity index (χ4n) is 3.20. The number of hydrogen-bond acceptors (Lipinski definition) is 6. The number of nitrogen functional groups attached to an aromatic ring is 1. The number of methoxy groups -OCH3 is 1. The zero-order valence-electron chi connectivity index (χ0n) is 15.5. The average Bonchev–Trinajstić information content (AvgIpc) is 3.34. The van der Waals surface area contributed by atoms with Gasteiger partial charge in [0.25, 0.3) is 5.91 Å². The molecule has 0 atom stereocenters. The van der Waals surface area contributed by atoms with Gasteiger partial charge in [0, 0.05) is 12.1 Å². The average molecular weight is 371 g/mol. The third kappa shape index (κ3) is 4.46. The Morgan fingerprint density at radius 1 is 1.22 bits per heavy atom. The third-order valence-corrected chi connectivity index (χ3v) is 4.72. The Balaban J connectivity index is 1.55. The maximum atomic E-state index is 12.3. The number of likely N-dealkylation sites (tertiary alicyclic amines) is 1. The molecule has 1 aliphatic rings. The summed E-state index contributed by atoms with van der Waals surface area (Å²) in [6.07, 6.45) is 4.87. The number of carbonyl (C=O) groups excluding carboxylic acids is 2. The highest BCUT2D eigenvalue weighted by Gasteiger charge is 2.16. The van der Waals surface area contributed by atoms with Gasteiger partial charge in [0.2, 0.25) is 0 Å². The van der Waals surface area contributed by atoms with Crippen LogP contribution in [0.25, 0.3) is 5.69 Å². The summed E-state index contributed by atoms with van der Waals surface area (Å²) in [5.74, 6) is -0.448. The molecule has 1 saturated heterocycles. The summed E-state index contributed by atoms with van der Waals surface area (Å²) in [5.41, 5.74) is 7.39. The Morgan fingerprint density at radius 2 is 1.93 bits per heavy atom. The highest BCUT2D eigenvalue weighted by molar-refractivity contribution is 5.95. The fourth-order valence-corrected chi connectivity index (χ4v) is 3.20. The second-order valence-electron chi connectivity index (χ2n) is 6.55. The van der Waals surface area contributed by atoms with Gasteiger partial charge in [0.05, 0.1) is 19.0 Å². The number of nitrogens with two attached hydrogens (primary N) is 1. The maximum Gasteiger partial charge on any atom is 0.343 e. The van der Waals surface area contributed by atoms with Crippen molar-refractivity contribution >= 4 is 17.7 Å². The Morgan fingerprint density at radius 3 is 2.59 bits per heavy atom. The minimum Gasteiger partial charge on any atom is -0.465 e. The van der Waals surface area contributed by atoms with Gasteiger partial charge in [0.1, 0.15) is 11.4 Å². The molecule has 0 spiro atoms. The number of amides is 1. The van der Waals surface area contributed by atoms with Gasteiger partial charge in [-0.05, 0) is 63.2 Å². The lowest BCUT2D eigenvalue weighted by Crippen LogP contribution is -2.28. The molecule has 0 radical (unpaired) electrons. The first-order valence-electron chi connectivity index (χ1n) is 9.13. The first-order valence-corrected chi connectivity index (χ1v) is 9.13. The molecule has 0 saturated carbocycles. The molecule has 3 rings (SSSR count). The molecule has 3 N–H and O–H groups in total.